The standard InChI is InChI=1S/C7H13O.Na/c1-4-6-7(3,8)5-2;/h4,8H,1-2,5-6H2,3H3;. The van der Waals surface area contributed by atoms with Crippen molar-refractivity contribution < 1.29 is 5.11 Å². The van der Waals surface area contributed by atoms with Crippen molar-refractivity contribution in [3.63, 3.8) is 0 Å². The fraction of sp³-hybridized carbons (Fsp3) is 0.714. The molecule has 0 fully saturated rings. The van der Waals surface area contributed by atoms with Crippen molar-refractivity contribution in [3.8, 4) is 0 Å². The molecule has 0 aromatic heterocycles. The molecule has 1 unspecified atom stereocenters. The molecule has 0 aliphatic carbocycles. The van der Waals surface area contributed by atoms with Gasteiger partial charge in [-0.3, -0.25) is 0 Å². The molecule has 2 heteroatoms. The molecule has 0 aliphatic heterocycles. The molecule has 0 rings (SSSR count). The molecule has 48 valence electrons. The summed E-state index contributed by atoms with van der Waals surface area (Å²) in [5.74, 6) is 0. The predicted molar refractivity (Wildman–Crippen MR) is 40.6 cm³/mol. The molecule has 0 heterocycles. The van der Waals surface area contributed by atoms with Gasteiger partial charge in [0.15, 0.2) is 0 Å². The molecule has 0 aromatic rings. The first-order valence-electron chi connectivity index (χ1n) is 3.45. The minimum absolute atomic E-state index is 0.483. The summed E-state index contributed by atoms with van der Waals surface area (Å²) in [6.45, 7) is 5.45. The van der Waals surface area contributed by atoms with Gasteiger partial charge in [0.1, 0.15) is 0 Å². The molecular formula is C7H13NaO. The van der Waals surface area contributed by atoms with E-state index in [-0.39, 0.29) is 0 Å². The first-order valence-corrected chi connectivity index (χ1v) is 4.87. The predicted octanol–water partition coefficient (Wildman–Crippen LogP) is 1.29. The van der Waals surface area contributed by atoms with Gasteiger partial charge < -0.3 is 0 Å². The normalized spacial score (nSPS) is 16.9. The summed E-state index contributed by atoms with van der Waals surface area (Å²) in [7, 11) is 0. The maximum atomic E-state index is 9.47. The number of hydrogen-bond acceptors (Lipinski definition) is 1. The molecule has 0 saturated heterocycles. The van der Waals surface area contributed by atoms with Gasteiger partial charge in [0, 0.05) is 0 Å². The Kier molecular flexibility index (Phi) is 4.86. The third-order valence-corrected chi connectivity index (χ3v) is 1.87. The van der Waals surface area contributed by atoms with E-state index >= 15 is 0 Å². The summed E-state index contributed by atoms with van der Waals surface area (Å²) in [6, 6.07) is 0. The Morgan fingerprint density at radius 1 is 1.78 bits per heavy atom. The van der Waals surface area contributed by atoms with E-state index in [2.05, 4.69) is 6.58 Å². The topological polar surface area (TPSA) is 20.2 Å². The fourth-order valence-electron chi connectivity index (χ4n) is 0.952. The second kappa shape index (κ2) is 4.51. The van der Waals surface area contributed by atoms with Crippen LogP contribution < -0.4 is 0 Å². The number of rotatable bonds is 4. The van der Waals surface area contributed by atoms with Crippen LogP contribution in [0.25, 0.3) is 0 Å². The van der Waals surface area contributed by atoms with Crippen LogP contribution >= 0.6 is 0 Å². The van der Waals surface area contributed by atoms with Gasteiger partial charge in [0.25, 0.3) is 0 Å². The molecule has 1 atom stereocenters. The monoisotopic (exact) mass is 136 g/mol. The van der Waals surface area contributed by atoms with Crippen molar-refractivity contribution in [2.45, 2.75) is 29.0 Å². The van der Waals surface area contributed by atoms with Crippen LogP contribution in [-0.2, 0) is 0 Å². The van der Waals surface area contributed by atoms with Crippen LogP contribution in [0, 0.1) is 0 Å². The third-order valence-electron chi connectivity index (χ3n) is 1.37. The van der Waals surface area contributed by atoms with Crippen LogP contribution in [0.2, 0.25) is 3.67 Å². The zero-order valence-corrected chi connectivity index (χ0v) is 8.35. The van der Waals surface area contributed by atoms with E-state index in [1.165, 1.54) is 31.6 Å². The summed E-state index contributed by atoms with van der Waals surface area (Å²) in [5, 5.41) is 9.47. The van der Waals surface area contributed by atoms with Crippen LogP contribution in [0.15, 0.2) is 12.7 Å². The first kappa shape index (κ1) is 9.70. The molecule has 0 aliphatic rings. The SMILES string of the molecule is C=CCC(C)(O)C[CH2][Na]. The summed E-state index contributed by atoms with van der Waals surface area (Å²) in [5.41, 5.74) is -0.483. The van der Waals surface area contributed by atoms with Crippen molar-refractivity contribution in [1.82, 2.24) is 0 Å². The van der Waals surface area contributed by atoms with Crippen LogP contribution in [0.5, 0.6) is 0 Å². The van der Waals surface area contributed by atoms with Crippen LogP contribution in [-0.4, -0.2) is 38.6 Å². The Morgan fingerprint density at radius 2 is 2.33 bits per heavy atom. The molecule has 1 nitrogen and oxygen atoms in total. The van der Waals surface area contributed by atoms with Gasteiger partial charge in [-0.1, -0.05) is 0 Å². The van der Waals surface area contributed by atoms with Gasteiger partial charge in [0.05, 0.1) is 0 Å². The number of aliphatic hydroxyl groups is 1. The van der Waals surface area contributed by atoms with E-state index < -0.39 is 5.60 Å². The van der Waals surface area contributed by atoms with Crippen molar-refractivity contribution in [1.29, 1.82) is 0 Å². The molecule has 0 aromatic carbocycles. The second-order valence-corrected chi connectivity index (χ2v) is 3.74. The maximum absolute atomic E-state index is 9.47. The van der Waals surface area contributed by atoms with Crippen LogP contribution in [0.1, 0.15) is 19.8 Å². The zero-order valence-electron chi connectivity index (χ0n) is 6.35. The quantitative estimate of drug-likeness (QED) is 0.456. The van der Waals surface area contributed by atoms with E-state index in [1.807, 2.05) is 6.92 Å². The fourth-order valence-corrected chi connectivity index (χ4v) is 2.03. The molecule has 0 bridgehead atoms. The molecule has 1 N–H and O–H groups in total. The molecule has 9 heavy (non-hydrogen) atoms. The van der Waals surface area contributed by atoms with Gasteiger partial charge in [-0.25, -0.2) is 0 Å². The van der Waals surface area contributed by atoms with Crippen LogP contribution in [0.3, 0.4) is 0 Å². The van der Waals surface area contributed by atoms with Crippen molar-refractivity contribution >= 4 is 27.9 Å². The van der Waals surface area contributed by atoms with Gasteiger partial charge in [-0.15, -0.1) is 0 Å². The van der Waals surface area contributed by atoms with Crippen molar-refractivity contribution in [2.75, 3.05) is 0 Å². The summed E-state index contributed by atoms with van der Waals surface area (Å²) in [4.78, 5) is 0. The first-order chi connectivity index (χ1) is 4.12. The third kappa shape index (κ3) is 5.16. The average molecular weight is 136 g/mol. The Bertz CT molecular complexity index is 88.9. The summed E-state index contributed by atoms with van der Waals surface area (Å²) >= 11 is 1.18. The van der Waals surface area contributed by atoms with Gasteiger partial charge >= 0.3 is 74.7 Å². The van der Waals surface area contributed by atoms with E-state index in [1.54, 1.807) is 6.08 Å². The van der Waals surface area contributed by atoms with E-state index in [0.717, 1.165) is 12.8 Å². The molecular weight excluding hydrogens is 123 g/mol. The Labute approximate surface area is 74.6 Å². The molecule has 0 saturated carbocycles. The molecule has 0 radical (unpaired) electrons. The van der Waals surface area contributed by atoms with Crippen molar-refractivity contribution in [3.05, 3.63) is 12.7 Å². The van der Waals surface area contributed by atoms with Crippen molar-refractivity contribution in [2.24, 2.45) is 0 Å². The van der Waals surface area contributed by atoms with Gasteiger partial charge in [-0.05, 0) is 0 Å². The van der Waals surface area contributed by atoms with E-state index in [4.69, 9.17) is 0 Å². The Balaban J connectivity index is 3.55. The molecule has 0 spiro atoms. The zero-order chi connectivity index (χ0) is 7.33. The Hall–Kier alpha value is 0.700. The Morgan fingerprint density at radius 3 is 2.67 bits per heavy atom. The average Bonchev–Trinajstić information content (AvgIpc) is 1.64. The molecule has 0 amide bonds. The van der Waals surface area contributed by atoms with E-state index in [9.17, 15) is 5.11 Å². The second-order valence-electron chi connectivity index (χ2n) is 2.74. The van der Waals surface area contributed by atoms with Gasteiger partial charge in [-0.2, -0.15) is 0 Å². The minimum atomic E-state index is -0.483. The summed E-state index contributed by atoms with van der Waals surface area (Å²) in [6.07, 6.45) is 3.41. The van der Waals surface area contributed by atoms with E-state index in [0.29, 0.717) is 0 Å². The summed E-state index contributed by atoms with van der Waals surface area (Å²) < 4.78 is 1.17. The van der Waals surface area contributed by atoms with Crippen LogP contribution in [0.4, 0.5) is 0 Å². The van der Waals surface area contributed by atoms with Gasteiger partial charge in [0.2, 0.25) is 0 Å². The number of hydrogen-bond donors (Lipinski definition) is 1.